The van der Waals surface area contributed by atoms with E-state index >= 15 is 0 Å². The maximum Gasteiger partial charge on any atom is 0.123 e. The Balaban J connectivity index is 2.25. The third-order valence-corrected chi connectivity index (χ3v) is 5.22. The minimum absolute atomic E-state index is 0.134. The van der Waals surface area contributed by atoms with E-state index in [1.54, 1.807) is 14.2 Å². The summed E-state index contributed by atoms with van der Waals surface area (Å²) in [5.41, 5.74) is 0.134. The van der Waals surface area contributed by atoms with Crippen molar-refractivity contribution in [2.75, 3.05) is 27.4 Å². The minimum atomic E-state index is 0.134. The molecule has 0 N–H and O–H groups in total. The van der Waals surface area contributed by atoms with E-state index in [0.29, 0.717) is 17.8 Å². The van der Waals surface area contributed by atoms with Gasteiger partial charge in [-0.25, -0.2) is 0 Å². The fraction of sp³-hybridized carbons (Fsp3) is 0.933. The summed E-state index contributed by atoms with van der Waals surface area (Å²) in [6.07, 6.45) is 5.81. The summed E-state index contributed by atoms with van der Waals surface area (Å²) in [5.74, 6) is 2.00. The number of carbonyl (C=O) groups is 1. The fourth-order valence-corrected chi connectivity index (χ4v) is 4.83. The molecule has 18 heavy (non-hydrogen) atoms. The number of hydrogen-bond donors (Lipinski definition) is 0. The van der Waals surface area contributed by atoms with E-state index in [1.165, 1.54) is 19.1 Å². The summed E-state index contributed by atoms with van der Waals surface area (Å²) in [7, 11) is 3.55. The van der Waals surface area contributed by atoms with Crippen molar-refractivity contribution in [1.82, 2.24) is 0 Å². The third kappa shape index (κ3) is 2.23. The largest absolute Gasteiger partial charge is 0.384 e. The zero-order chi connectivity index (χ0) is 13.2. The molecule has 2 saturated carbocycles. The lowest BCUT2D eigenvalue weighted by Crippen LogP contribution is -2.40. The van der Waals surface area contributed by atoms with Crippen molar-refractivity contribution in [3.05, 3.63) is 0 Å². The van der Waals surface area contributed by atoms with Crippen molar-refractivity contribution in [2.45, 2.75) is 32.6 Å². The summed E-state index contributed by atoms with van der Waals surface area (Å²) in [6.45, 7) is 3.82. The Bertz CT molecular complexity index is 283. The molecule has 0 heterocycles. The maximum atomic E-state index is 11.3. The van der Waals surface area contributed by atoms with Gasteiger partial charge in [0, 0.05) is 25.6 Å². The molecule has 0 aromatic rings. The molecule has 4 atom stereocenters. The van der Waals surface area contributed by atoms with Crippen LogP contribution in [-0.2, 0) is 14.3 Å². The first-order valence-electron chi connectivity index (χ1n) is 7.11. The van der Waals surface area contributed by atoms with E-state index in [9.17, 15) is 4.79 Å². The SMILES string of the molecule is COCC1(COC)C[C@@H](C)[C@@H]2C(C=O)CCCC21. The Hall–Kier alpha value is -0.410. The van der Waals surface area contributed by atoms with Gasteiger partial charge in [-0.1, -0.05) is 13.3 Å². The van der Waals surface area contributed by atoms with Crippen molar-refractivity contribution in [2.24, 2.45) is 29.1 Å². The molecule has 104 valence electrons. The smallest absolute Gasteiger partial charge is 0.123 e. The van der Waals surface area contributed by atoms with E-state index in [-0.39, 0.29) is 11.3 Å². The van der Waals surface area contributed by atoms with Crippen LogP contribution in [0.15, 0.2) is 0 Å². The van der Waals surface area contributed by atoms with Gasteiger partial charge in [-0.2, -0.15) is 0 Å². The van der Waals surface area contributed by atoms with Crippen LogP contribution in [0, 0.1) is 29.1 Å². The lowest BCUT2D eigenvalue weighted by molar-refractivity contribution is -0.116. The molecule has 0 bridgehead atoms. The Labute approximate surface area is 110 Å². The Morgan fingerprint density at radius 2 is 1.89 bits per heavy atom. The Morgan fingerprint density at radius 3 is 2.44 bits per heavy atom. The highest BCUT2D eigenvalue weighted by Gasteiger charge is 2.55. The first kappa shape index (κ1) is 14.0. The average Bonchev–Trinajstić information content (AvgIpc) is 2.64. The van der Waals surface area contributed by atoms with Gasteiger partial charge in [0.15, 0.2) is 0 Å². The maximum absolute atomic E-state index is 11.3. The zero-order valence-electron chi connectivity index (χ0n) is 11.9. The van der Waals surface area contributed by atoms with Gasteiger partial charge in [-0.15, -0.1) is 0 Å². The minimum Gasteiger partial charge on any atom is -0.384 e. The van der Waals surface area contributed by atoms with Crippen LogP contribution in [-0.4, -0.2) is 33.7 Å². The van der Waals surface area contributed by atoms with Crippen molar-refractivity contribution in [3.63, 3.8) is 0 Å². The molecule has 0 radical (unpaired) electrons. The van der Waals surface area contributed by atoms with Crippen LogP contribution < -0.4 is 0 Å². The van der Waals surface area contributed by atoms with Crippen molar-refractivity contribution < 1.29 is 14.3 Å². The molecule has 3 nitrogen and oxygen atoms in total. The predicted molar refractivity (Wildman–Crippen MR) is 70.4 cm³/mol. The molecule has 0 spiro atoms. The van der Waals surface area contributed by atoms with Crippen LogP contribution in [0.4, 0.5) is 0 Å². The highest BCUT2D eigenvalue weighted by Crippen LogP contribution is 2.57. The fourth-order valence-electron chi connectivity index (χ4n) is 4.83. The quantitative estimate of drug-likeness (QED) is 0.707. The van der Waals surface area contributed by atoms with Gasteiger partial charge < -0.3 is 14.3 Å². The van der Waals surface area contributed by atoms with Gasteiger partial charge in [0.1, 0.15) is 6.29 Å². The summed E-state index contributed by atoms with van der Waals surface area (Å²) < 4.78 is 11.0. The van der Waals surface area contributed by atoms with E-state index in [0.717, 1.165) is 26.1 Å². The van der Waals surface area contributed by atoms with Crippen LogP contribution in [0.1, 0.15) is 32.6 Å². The molecular formula is C15H26O3. The predicted octanol–water partition coefficient (Wildman–Crippen LogP) is 2.54. The summed E-state index contributed by atoms with van der Waals surface area (Å²) in [4.78, 5) is 11.3. The second-order valence-electron chi connectivity index (χ2n) is 6.32. The van der Waals surface area contributed by atoms with Crippen LogP contribution in [0.5, 0.6) is 0 Å². The molecule has 0 aromatic heterocycles. The lowest BCUT2D eigenvalue weighted by atomic mass is 9.66. The van der Waals surface area contributed by atoms with E-state index in [2.05, 4.69) is 6.92 Å². The van der Waals surface area contributed by atoms with Crippen LogP contribution in [0.3, 0.4) is 0 Å². The second kappa shape index (κ2) is 5.70. The van der Waals surface area contributed by atoms with Gasteiger partial charge in [0.2, 0.25) is 0 Å². The van der Waals surface area contributed by atoms with E-state index in [1.807, 2.05) is 0 Å². The Morgan fingerprint density at radius 1 is 1.22 bits per heavy atom. The van der Waals surface area contributed by atoms with Crippen LogP contribution >= 0.6 is 0 Å². The molecule has 0 amide bonds. The number of carbonyl (C=O) groups excluding carboxylic acids is 1. The molecule has 0 saturated heterocycles. The number of aldehydes is 1. The molecule has 2 aliphatic rings. The molecule has 2 unspecified atom stereocenters. The monoisotopic (exact) mass is 254 g/mol. The first-order valence-corrected chi connectivity index (χ1v) is 7.11. The van der Waals surface area contributed by atoms with Crippen molar-refractivity contribution >= 4 is 6.29 Å². The molecule has 0 aromatic carbocycles. The topological polar surface area (TPSA) is 35.5 Å². The van der Waals surface area contributed by atoms with Crippen LogP contribution in [0.2, 0.25) is 0 Å². The Kier molecular flexibility index (Phi) is 4.44. The highest BCUT2D eigenvalue weighted by atomic mass is 16.5. The standard InChI is InChI=1S/C15H26O3/c1-11-7-15(9-17-2,10-18-3)13-6-4-5-12(8-16)14(11)13/h8,11-14H,4-7,9-10H2,1-3H3/t11-,12?,13?,14-/m1/s1. The number of fused-ring (bicyclic) bond motifs is 1. The first-order chi connectivity index (χ1) is 8.68. The van der Waals surface area contributed by atoms with Crippen molar-refractivity contribution in [3.8, 4) is 0 Å². The number of rotatable bonds is 5. The van der Waals surface area contributed by atoms with Gasteiger partial charge in [-0.3, -0.25) is 0 Å². The number of methoxy groups -OCH3 is 2. The number of ether oxygens (including phenoxy) is 2. The third-order valence-electron chi connectivity index (χ3n) is 5.22. The summed E-state index contributed by atoms with van der Waals surface area (Å²) in [5, 5.41) is 0. The summed E-state index contributed by atoms with van der Waals surface area (Å²) in [6, 6.07) is 0. The normalized spacial score (nSPS) is 38.4. The van der Waals surface area contributed by atoms with E-state index in [4.69, 9.17) is 9.47 Å². The van der Waals surface area contributed by atoms with Gasteiger partial charge in [0.05, 0.1) is 13.2 Å². The van der Waals surface area contributed by atoms with Crippen molar-refractivity contribution in [1.29, 1.82) is 0 Å². The van der Waals surface area contributed by atoms with Gasteiger partial charge in [-0.05, 0) is 37.0 Å². The molecular weight excluding hydrogens is 228 g/mol. The lowest BCUT2D eigenvalue weighted by Gasteiger charge is -2.41. The molecule has 2 rings (SSSR count). The van der Waals surface area contributed by atoms with E-state index < -0.39 is 0 Å². The number of hydrogen-bond acceptors (Lipinski definition) is 3. The second-order valence-corrected chi connectivity index (χ2v) is 6.32. The van der Waals surface area contributed by atoms with Gasteiger partial charge >= 0.3 is 0 Å². The average molecular weight is 254 g/mol. The zero-order valence-corrected chi connectivity index (χ0v) is 11.9. The molecule has 2 aliphatic carbocycles. The molecule has 3 heteroatoms. The highest BCUT2D eigenvalue weighted by molar-refractivity contribution is 5.54. The summed E-state index contributed by atoms with van der Waals surface area (Å²) >= 11 is 0. The molecule has 2 fully saturated rings. The molecule has 0 aliphatic heterocycles. The van der Waals surface area contributed by atoms with Crippen LogP contribution in [0.25, 0.3) is 0 Å². The van der Waals surface area contributed by atoms with Gasteiger partial charge in [0.25, 0.3) is 0 Å².